The molecule has 3 saturated carbocycles. The molecule has 6 fully saturated rings. The van der Waals surface area contributed by atoms with Gasteiger partial charge in [-0.05, 0) is 19.3 Å². The Kier molecular flexibility index (Phi) is 0.247. The zero-order valence-electron chi connectivity index (χ0n) is 4.53. The fraction of sp³-hybridized carbons (Fsp3) is 0.833. The van der Waals surface area contributed by atoms with Crippen LogP contribution in [0.2, 0.25) is 0 Å². The fourth-order valence-corrected chi connectivity index (χ4v) is 2.53. The van der Waals surface area contributed by atoms with Gasteiger partial charge in [-0.25, -0.2) is 0 Å². The van der Waals surface area contributed by atoms with Crippen LogP contribution in [0, 0.1) is 5.41 Å². The first-order valence-electron chi connectivity index (χ1n) is 3.08. The Labute approximate surface area is 47.3 Å². The van der Waals surface area contributed by atoms with Gasteiger partial charge in [0.2, 0.25) is 5.91 Å². The first-order valence-corrected chi connectivity index (χ1v) is 3.08. The standard InChI is InChI=1S/C6H7NO/c8-4-5-1-6(2-5,3-5)7-4/h1-3H2,(H,7,8). The van der Waals surface area contributed by atoms with E-state index in [4.69, 9.17) is 0 Å². The van der Waals surface area contributed by atoms with Crippen molar-refractivity contribution >= 4 is 5.91 Å². The Balaban J connectivity index is 2.26. The lowest BCUT2D eigenvalue weighted by molar-refractivity contribution is -0.136. The minimum absolute atomic E-state index is 0.181. The largest absolute Gasteiger partial charge is 0.350 e. The van der Waals surface area contributed by atoms with Gasteiger partial charge in [-0.2, -0.15) is 0 Å². The summed E-state index contributed by atoms with van der Waals surface area (Å²) in [7, 11) is 0. The highest BCUT2D eigenvalue weighted by molar-refractivity contribution is 5.94. The van der Waals surface area contributed by atoms with Crippen LogP contribution in [0.4, 0.5) is 0 Å². The molecule has 8 heavy (non-hydrogen) atoms. The Hall–Kier alpha value is -0.530. The molecule has 3 aliphatic carbocycles. The summed E-state index contributed by atoms with van der Waals surface area (Å²) >= 11 is 0. The van der Waals surface area contributed by atoms with Crippen LogP contribution >= 0.6 is 0 Å². The molecule has 0 spiro atoms. The van der Waals surface area contributed by atoms with Gasteiger partial charge < -0.3 is 5.32 Å². The van der Waals surface area contributed by atoms with Crippen molar-refractivity contribution in [2.24, 2.45) is 5.41 Å². The summed E-state index contributed by atoms with van der Waals surface area (Å²) in [6.45, 7) is 0. The lowest BCUT2D eigenvalue weighted by Crippen LogP contribution is -2.62. The van der Waals surface area contributed by atoms with Crippen LogP contribution in [0.15, 0.2) is 0 Å². The van der Waals surface area contributed by atoms with Crippen LogP contribution in [0.25, 0.3) is 0 Å². The topological polar surface area (TPSA) is 29.1 Å². The summed E-state index contributed by atoms with van der Waals surface area (Å²) in [6, 6.07) is 0. The van der Waals surface area contributed by atoms with Gasteiger partial charge in [0.15, 0.2) is 0 Å². The van der Waals surface area contributed by atoms with E-state index in [1.165, 1.54) is 0 Å². The molecule has 0 radical (unpaired) electrons. The summed E-state index contributed by atoms with van der Waals surface area (Å²) in [4.78, 5) is 10.9. The zero-order chi connectivity index (χ0) is 5.41. The second kappa shape index (κ2) is 0.567. The van der Waals surface area contributed by atoms with Crippen molar-refractivity contribution in [2.45, 2.75) is 24.8 Å². The Morgan fingerprint density at radius 1 is 1.38 bits per heavy atom. The van der Waals surface area contributed by atoms with Crippen LogP contribution in [0.3, 0.4) is 0 Å². The average molecular weight is 109 g/mol. The van der Waals surface area contributed by atoms with E-state index in [-0.39, 0.29) is 5.41 Å². The van der Waals surface area contributed by atoms with E-state index in [0.717, 1.165) is 19.3 Å². The van der Waals surface area contributed by atoms with Crippen LogP contribution in [0.5, 0.6) is 0 Å². The molecule has 0 aromatic heterocycles. The maximum absolute atomic E-state index is 10.9. The van der Waals surface area contributed by atoms with E-state index in [0.29, 0.717) is 11.4 Å². The summed E-state index contributed by atoms with van der Waals surface area (Å²) in [6.07, 6.45) is 3.45. The molecule has 2 nitrogen and oxygen atoms in total. The number of amides is 1. The molecule has 1 amide bonds. The Morgan fingerprint density at radius 3 is 2.12 bits per heavy atom. The van der Waals surface area contributed by atoms with Crippen molar-refractivity contribution in [1.29, 1.82) is 0 Å². The average Bonchev–Trinajstić information content (AvgIpc) is 1.82. The molecule has 6 rings (SSSR count). The number of rotatable bonds is 0. The Morgan fingerprint density at radius 2 is 2.00 bits per heavy atom. The minimum atomic E-state index is 0.181. The summed E-state index contributed by atoms with van der Waals surface area (Å²) < 4.78 is 0. The van der Waals surface area contributed by atoms with Gasteiger partial charge in [-0.1, -0.05) is 0 Å². The second-order valence-electron chi connectivity index (χ2n) is 3.55. The van der Waals surface area contributed by atoms with Crippen LogP contribution < -0.4 is 5.32 Å². The molecule has 3 saturated heterocycles. The Bertz CT molecular complexity index is 177. The molecule has 6 aliphatic rings. The third-order valence-electron chi connectivity index (χ3n) is 2.89. The van der Waals surface area contributed by atoms with Crippen molar-refractivity contribution in [3.63, 3.8) is 0 Å². The van der Waals surface area contributed by atoms with Crippen LogP contribution in [0.1, 0.15) is 19.3 Å². The number of hydrogen-bond donors (Lipinski definition) is 1. The van der Waals surface area contributed by atoms with Crippen LogP contribution in [-0.4, -0.2) is 11.4 Å². The van der Waals surface area contributed by atoms with Crippen molar-refractivity contribution in [3.05, 3.63) is 0 Å². The molecule has 0 unspecified atom stereocenters. The number of nitrogens with one attached hydrogen (secondary N) is 1. The molecule has 3 aliphatic heterocycles. The second-order valence-corrected chi connectivity index (χ2v) is 3.55. The summed E-state index contributed by atoms with van der Waals surface area (Å²) in [5.41, 5.74) is 0.525. The van der Waals surface area contributed by atoms with Gasteiger partial charge in [0, 0.05) is 5.54 Å². The van der Waals surface area contributed by atoms with Crippen molar-refractivity contribution < 1.29 is 4.79 Å². The fourth-order valence-electron chi connectivity index (χ4n) is 2.53. The molecular weight excluding hydrogens is 102 g/mol. The quantitative estimate of drug-likeness (QED) is 0.467. The summed E-state index contributed by atoms with van der Waals surface area (Å²) in [5.74, 6) is 0.331. The van der Waals surface area contributed by atoms with E-state index in [1.54, 1.807) is 0 Å². The van der Waals surface area contributed by atoms with Gasteiger partial charge in [0.25, 0.3) is 0 Å². The highest BCUT2D eigenvalue weighted by atomic mass is 16.2. The van der Waals surface area contributed by atoms with Gasteiger partial charge >= 0.3 is 0 Å². The van der Waals surface area contributed by atoms with E-state index < -0.39 is 0 Å². The maximum atomic E-state index is 10.9. The monoisotopic (exact) mass is 109 g/mol. The highest BCUT2D eigenvalue weighted by Gasteiger charge is 2.78. The molecular formula is C6H7NO. The molecule has 42 valence electrons. The SMILES string of the molecule is O=C1NC23CC1(C2)C3. The maximum Gasteiger partial charge on any atom is 0.226 e. The van der Waals surface area contributed by atoms with E-state index in [9.17, 15) is 4.79 Å². The molecule has 2 bridgehead atoms. The summed E-state index contributed by atoms with van der Waals surface area (Å²) in [5, 5.41) is 2.99. The van der Waals surface area contributed by atoms with Crippen LogP contribution in [-0.2, 0) is 4.79 Å². The number of carbonyl (C=O) groups excluding carboxylic acids is 1. The molecule has 0 atom stereocenters. The third-order valence-corrected chi connectivity index (χ3v) is 2.89. The highest BCUT2D eigenvalue weighted by Crippen LogP contribution is 2.72. The van der Waals surface area contributed by atoms with Gasteiger partial charge in [-0.3, -0.25) is 4.79 Å². The molecule has 0 aromatic carbocycles. The lowest BCUT2D eigenvalue weighted by Gasteiger charge is -2.58. The molecule has 3 heterocycles. The molecule has 2 heteroatoms. The number of hydrogen-bond acceptors (Lipinski definition) is 1. The predicted octanol–water partition coefficient (Wildman–Crippen LogP) is 0.0389. The van der Waals surface area contributed by atoms with Crippen molar-refractivity contribution in [1.82, 2.24) is 5.32 Å². The predicted molar refractivity (Wildman–Crippen MR) is 27.2 cm³/mol. The first-order chi connectivity index (χ1) is 3.75. The van der Waals surface area contributed by atoms with Gasteiger partial charge in [0.05, 0.1) is 5.41 Å². The van der Waals surface area contributed by atoms with Crippen molar-refractivity contribution in [3.8, 4) is 0 Å². The van der Waals surface area contributed by atoms with Gasteiger partial charge in [-0.15, -0.1) is 0 Å². The number of carbonyl (C=O) groups is 1. The lowest BCUT2D eigenvalue weighted by atomic mass is 9.44. The smallest absolute Gasteiger partial charge is 0.226 e. The normalized spacial score (nSPS) is 63.8. The zero-order valence-corrected chi connectivity index (χ0v) is 4.53. The van der Waals surface area contributed by atoms with E-state index >= 15 is 0 Å². The van der Waals surface area contributed by atoms with E-state index in [2.05, 4.69) is 5.32 Å². The third kappa shape index (κ3) is 0.135. The van der Waals surface area contributed by atoms with Crippen molar-refractivity contribution in [2.75, 3.05) is 0 Å². The minimum Gasteiger partial charge on any atom is -0.350 e. The van der Waals surface area contributed by atoms with Gasteiger partial charge in [0.1, 0.15) is 0 Å². The first kappa shape index (κ1) is 3.49. The molecule has 1 N–H and O–H groups in total. The van der Waals surface area contributed by atoms with E-state index in [1.807, 2.05) is 0 Å². The molecule has 0 aromatic rings.